The molecule has 2 aromatic rings. The minimum absolute atomic E-state index is 0.271. The molecule has 1 aliphatic heterocycles. The summed E-state index contributed by atoms with van der Waals surface area (Å²) >= 11 is 0. The van der Waals surface area contributed by atoms with Crippen molar-refractivity contribution in [2.24, 2.45) is 0 Å². The molecular formula is C20H29N3O3. The molecule has 0 N–H and O–H groups in total. The third-order valence-electron chi connectivity index (χ3n) is 5.14. The molecule has 0 aliphatic carbocycles. The number of hydrogen-bond donors (Lipinski definition) is 0. The average molecular weight is 359 g/mol. The highest BCUT2D eigenvalue weighted by atomic mass is 16.5. The number of piperazine rings is 1. The highest BCUT2D eigenvalue weighted by molar-refractivity contribution is 6.04. The van der Waals surface area contributed by atoms with Crippen molar-refractivity contribution in [3.63, 3.8) is 0 Å². The van der Waals surface area contributed by atoms with E-state index in [0.29, 0.717) is 5.56 Å². The molecule has 0 atom stereocenters. The summed E-state index contributed by atoms with van der Waals surface area (Å²) in [5.41, 5.74) is 1.74. The molecule has 0 radical (unpaired) electrons. The van der Waals surface area contributed by atoms with Crippen molar-refractivity contribution in [1.29, 1.82) is 0 Å². The molecule has 1 saturated heterocycles. The monoisotopic (exact) mass is 359 g/mol. The summed E-state index contributed by atoms with van der Waals surface area (Å²) in [5, 5.41) is 0.964. The van der Waals surface area contributed by atoms with Gasteiger partial charge in [0.15, 0.2) is 0 Å². The van der Waals surface area contributed by atoms with Gasteiger partial charge in [-0.3, -0.25) is 4.90 Å². The highest BCUT2D eigenvalue weighted by Crippen LogP contribution is 2.22. The first-order valence-corrected chi connectivity index (χ1v) is 9.32. The predicted octanol–water partition coefficient (Wildman–Crippen LogP) is 2.08. The number of hydrogen-bond acceptors (Lipinski definition) is 5. The van der Waals surface area contributed by atoms with Crippen LogP contribution in [-0.4, -0.2) is 80.4 Å². The van der Waals surface area contributed by atoms with Crippen molar-refractivity contribution in [1.82, 2.24) is 14.4 Å². The lowest BCUT2D eigenvalue weighted by atomic mass is 10.2. The Hall–Kier alpha value is -1.89. The number of fused-ring (bicyclic) bond motifs is 1. The van der Waals surface area contributed by atoms with Crippen molar-refractivity contribution < 1.29 is 14.3 Å². The van der Waals surface area contributed by atoms with Crippen LogP contribution in [0.15, 0.2) is 30.5 Å². The smallest absolute Gasteiger partial charge is 0.340 e. The van der Waals surface area contributed by atoms with Crippen LogP contribution in [0.1, 0.15) is 16.8 Å². The van der Waals surface area contributed by atoms with E-state index in [4.69, 9.17) is 9.47 Å². The average Bonchev–Trinajstić information content (AvgIpc) is 3.06. The molecule has 0 amide bonds. The molecule has 1 aromatic heterocycles. The van der Waals surface area contributed by atoms with E-state index < -0.39 is 0 Å². The maximum absolute atomic E-state index is 12.0. The summed E-state index contributed by atoms with van der Waals surface area (Å²) in [7, 11) is 3.19. The molecule has 6 nitrogen and oxygen atoms in total. The highest BCUT2D eigenvalue weighted by Gasteiger charge is 2.17. The van der Waals surface area contributed by atoms with Crippen LogP contribution in [0.3, 0.4) is 0 Å². The zero-order valence-corrected chi connectivity index (χ0v) is 15.8. The number of nitrogens with zero attached hydrogens (tertiary/aromatic N) is 3. The van der Waals surface area contributed by atoms with E-state index in [1.54, 1.807) is 7.11 Å². The van der Waals surface area contributed by atoms with Gasteiger partial charge in [-0.25, -0.2) is 4.79 Å². The third-order valence-corrected chi connectivity index (χ3v) is 5.14. The SMILES string of the molecule is COCCN1CCN(CCCn2cc(C(=O)OC)c3ccccc32)CC1. The molecule has 0 saturated carbocycles. The number of rotatable bonds is 8. The Morgan fingerprint density at radius 2 is 1.69 bits per heavy atom. The summed E-state index contributed by atoms with van der Waals surface area (Å²) < 4.78 is 12.3. The first kappa shape index (κ1) is 18.9. The standard InChI is InChI=1S/C20H29N3O3/c1-25-15-14-22-12-10-21(11-13-22)8-5-9-23-16-18(20(24)26-2)17-6-3-4-7-19(17)23/h3-4,6-7,16H,5,8-15H2,1-2H3. The Morgan fingerprint density at radius 1 is 1.00 bits per heavy atom. The van der Waals surface area contributed by atoms with Gasteiger partial charge in [0.2, 0.25) is 0 Å². The van der Waals surface area contributed by atoms with Crippen LogP contribution < -0.4 is 0 Å². The number of esters is 1. The van der Waals surface area contributed by atoms with Crippen LogP contribution in [0.5, 0.6) is 0 Å². The van der Waals surface area contributed by atoms with Crippen LogP contribution in [0.25, 0.3) is 10.9 Å². The van der Waals surface area contributed by atoms with E-state index in [-0.39, 0.29) is 5.97 Å². The van der Waals surface area contributed by atoms with Gasteiger partial charge < -0.3 is 18.9 Å². The second-order valence-corrected chi connectivity index (χ2v) is 6.77. The second kappa shape index (κ2) is 9.16. The maximum Gasteiger partial charge on any atom is 0.340 e. The summed E-state index contributed by atoms with van der Waals surface area (Å²) in [6.45, 7) is 8.27. The Morgan fingerprint density at radius 3 is 2.38 bits per heavy atom. The van der Waals surface area contributed by atoms with Gasteiger partial charge >= 0.3 is 5.97 Å². The molecule has 3 rings (SSSR count). The molecule has 0 spiro atoms. The molecule has 0 unspecified atom stereocenters. The Kier molecular flexibility index (Phi) is 6.66. The number of para-hydroxylation sites is 1. The van der Waals surface area contributed by atoms with Crippen molar-refractivity contribution in [3.05, 3.63) is 36.0 Å². The fraction of sp³-hybridized carbons (Fsp3) is 0.550. The first-order valence-electron chi connectivity index (χ1n) is 9.32. The molecule has 2 heterocycles. The number of ether oxygens (including phenoxy) is 2. The van der Waals surface area contributed by atoms with Crippen molar-refractivity contribution in [2.75, 3.05) is 60.1 Å². The van der Waals surface area contributed by atoms with E-state index in [1.807, 2.05) is 24.4 Å². The van der Waals surface area contributed by atoms with Gasteiger partial charge in [-0.1, -0.05) is 18.2 Å². The van der Waals surface area contributed by atoms with Gasteiger partial charge in [-0.05, 0) is 19.0 Å². The molecule has 1 fully saturated rings. The lowest BCUT2D eigenvalue weighted by Gasteiger charge is -2.34. The van der Waals surface area contributed by atoms with Crippen LogP contribution in [0.2, 0.25) is 0 Å². The molecule has 1 aromatic carbocycles. The van der Waals surface area contributed by atoms with Crippen molar-refractivity contribution in [2.45, 2.75) is 13.0 Å². The number of aromatic nitrogens is 1. The fourth-order valence-corrected chi connectivity index (χ4v) is 3.63. The topological polar surface area (TPSA) is 46.9 Å². The second-order valence-electron chi connectivity index (χ2n) is 6.77. The Bertz CT molecular complexity index is 720. The van der Waals surface area contributed by atoms with Gasteiger partial charge in [-0.2, -0.15) is 0 Å². The fourth-order valence-electron chi connectivity index (χ4n) is 3.63. The lowest BCUT2D eigenvalue weighted by Crippen LogP contribution is -2.47. The van der Waals surface area contributed by atoms with Crippen molar-refractivity contribution in [3.8, 4) is 0 Å². The lowest BCUT2D eigenvalue weighted by molar-refractivity contribution is 0.0602. The van der Waals surface area contributed by atoms with E-state index in [0.717, 1.165) is 69.7 Å². The van der Waals surface area contributed by atoms with E-state index in [9.17, 15) is 4.79 Å². The minimum Gasteiger partial charge on any atom is -0.465 e. The van der Waals surface area contributed by atoms with Gasteiger partial charge in [0.25, 0.3) is 0 Å². The number of aryl methyl sites for hydroxylation is 1. The normalized spacial score (nSPS) is 16.2. The van der Waals surface area contributed by atoms with Crippen LogP contribution >= 0.6 is 0 Å². The number of carbonyl (C=O) groups is 1. The third kappa shape index (κ3) is 4.44. The number of carbonyl (C=O) groups excluding carboxylic acids is 1. The van der Waals surface area contributed by atoms with E-state index >= 15 is 0 Å². The summed E-state index contributed by atoms with van der Waals surface area (Å²) in [6, 6.07) is 8.02. The summed E-state index contributed by atoms with van der Waals surface area (Å²) in [4.78, 5) is 17.0. The van der Waals surface area contributed by atoms with Gasteiger partial charge in [0, 0.05) is 63.5 Å². The van der Waals surface area contributed by atoms with Gasteiger partial charge in [-0.15, -0.1) is 0 Å². The molecule has 0 bridgehead atoms. The quantitative estimate of drug-likeness (QED) is 0.676. The largest absolute Gasteiger partial charge is 0.465 e. The van der Waals surface area contributed by atoms with Gasteiger partial charge in [0.1, 0.15) is 0 Å². The number of benzene rings is 1. The maximum atomic E-state index is 12.0. The van der Waals surface area contributed by atoms with Crippen LogP contribution in [0.4, 0.5) is 0 Å². The summed E-state index contributed by atoms with van der Waals surface area (Å²) in [5.74, 6) is -0.271. The van der Waals surface area contributed by atoms with E-state index in [2.05, 4.69) is 20.4 Å². The van der Waals surface area contributed by atoms with Crippen molar-refractivity contribution >= 4 is 16.9 Å². The number of methoxy groups -OCH3 is 2. The van der Waals surface area contributed by atoms with E-state index in [1.165, 1.54) is 7.11 Å². The van der Waals surface area contributed by atoms with Crippen LogP contribution in [0, 0.1) is 0 Å². The predicted molar refractivity (Wildman–Crippen MR) is 103 cm³/mol. The molecule has 142 valence electrons. The molecule has 26 heavy (non-hydrogen) atoms. The van der Waals surface area contributed by atoms with Crippen LogP contribution in [-0.2, 0) is 16.0 Å². The van der Waals surface area contributed by atoms with Gasteiger partial charge in [0.05, 0.1) is 19.3 Å². The summed E-state index contributed by atoms with van der Waals surface area (Å²) in [6.07, 6.45) is 3.00. The zero-order valence-electron chi connectivity index (χ0n) is 15.8. The molecule has 6 heteroatoms. The molecule has 1 aliphatic rings. The first-order chi connectivity index (χ1) is 12.7. The Balaban J connectivity index is 1.53. The molecular weight excluding hydrogens is 330 g/mol. The zero-order chi connectivity index (χ0) is 18.4. The minimum atomic E-state index is -0.271. The Labute approximate surface area is 155 Å².